The third-order valence-electron chi connectivity index (χ3n) is 4.57. The molecule has 8 heteroatoms. The fourth-order valence-electron chi connectivity index (χ4n) is 3.18. The minimum atomic E-state index is -0.763. The molecule has 1 atom stereocenters. The number of benzene rings is 1. The van der Waals surface area contributed by atoms with Crippen molar-refractivity contribution in [2.45, 2.75) is 32.8 Å². The lowest BCUT2D eigenvalue weighted by atomic mass is 10.0. The number of anilines is 1. The molecule has 0 bridgehead atoms. The number of nitro benzene ring substituents is 1. The largest absolute Gasteiger partial charge is 0.478 e. The lowest BCUT2D eigenvalue weighted by Crippen LogP contribution is -2.51. The predicted molar refractivity (Wildman–Crippen MR) is 90.5 cm³/mol. The predicted octanol–water partition coefficient (Wildman–Crippen LogP) is 1.97. The smallest absolute Gasteiger partial charge is 0.273 e. The molecule has 8 nitrogen and oxygen atoms in total. The molecule has 0 aromatic heterocycles. The van der Waals surface area contributed by atoms with Crippen molar-refractivity contribution in [2.24, 2.45) is 5.92 Å². The first kappa shape index (κ1) is 17.2. The number of nitro groups is 1. The van der Waals surface area contributed by atoms with Crippen LogP contribution in [0.1, 0.15) is 26.7 Å². The maximum Gasteiger partial charge on any atom is 0.273 e. The number of hydrogen-bond acceptors (Lipinski definition) is 5. The SMILES string of the molecule is CC(C)C1Oc2cc([N+](=O)[O-])ccc2N(CC(=O)N2CCCC2)C1=O. The topological polar surface area (TPSA) is 93.0 Å². The van der Waals surface area contributed by atoms with E-state index >= 15 is 0 Å². The highest BCUT2D eigenvalue weighted by Crippen LogP contribution is 2.38. The normalized spacial score (nSPS) is 19.8. The maximum atomic E-state index is 12.8. The summed E-state index contributed by atoms with van der Waals surface area (Å²) in [4.78, 5) is 38.9. The molecular formula is C17H21N3O5. The van der Waals surface area contributed by atoms with E-state index in [9.17, 15) is 19.7 Å². The molecule has 0 aliphatic carbocycles. The van der Waals surface area contributed by atoms with Gasteiger partial charge >= 0.3 is 0 Å². The minimum absolute atomic E-state index is 0.0732. The van der Waals surface area contributed by atoms with Gasteiger partial charge in [0.1, 0.15) is 6.54 Å². The summed E-state index contributed by atoms with van der Waals surface area (Å²) in [6.07, 6.45) is 1.18. The van der Waals surface area contributed by atoms with E-state index in [0.29, 0.717) is 18.8 Å². The van der Waals surface area contributed by atoms with Gasteiger partial charge < -0.3 is 9.64 Å². The Kier molecular flexibility index (Phi) is 4.61. The summed E-state index contributed by atoms with van der Waals surface area (Å²) >= 11 is 0. The van der Waals surface area contributed by atoms with Gasteiger partial charge in [0.25, 0.3) is 11.6 Å². The summed E-state index contributed by atoms with van der Waals surface area (Å²) < 4.78 is 5.71. The van der Waals surface area contributed by atoms with E-state index in [-0.39, 0.29) is 35.7 Å². The van der Waals surface area contributed by atoms with E-state index in [4.69, 9.17) is 4.74 Å². The number of non-ortho nitro benzene ring substituents is 1. The third kappa shape index (κ3) is 3.29. The minimum Gasteiger partial charge on any atom is -0.478 e. The Labute approximate surface area is 145 Å². The molecule has 134 valence electrons. The second-order valence-corrected chi connectivity index (χ2v) is 6.70. The molecule has 1 aromatic rings. The van der Waals surface area contributed by atoms with E-state index in [1.165, 1.54) is 23.1 Å². The van der Waals surface area contributed by atoms with Gasteiger partial charge in [-0.1, -0.05) is 13.8 Å². The van der Waals surface area contributed by atoms with Crippen LogP contribution in [0.2, 0.25) is 0 Å². The van der Waals surface area contributed by atoms with Crippen LogP contribution in [0.5, 0.6) is 5.75 Å². The van der Waals surface area contributed by atoms with Gasteiger partial charge in [-0.2, -0.15) is 0 Å². The first-order chi connectivity index (χ1) is 11.9. The summed E-state index contributed by atoms with van der Waals surface area (Å²) in [5.41, 5.74) is 0.293. The molecule has 0 radical (unpaired) electrons. The fraction of sp³-hybridized carbons (Fsp3) is 0.529. The van der Waals surface area contributed by atoms with Gasteiger partial charge in [0, 0.05) is 19.2 Å². The second-order valence-electron chi connectivity index (χ2n) is 6.70. The Morgan fingerprint density at radius 1 is 1.36 bits per heavy atom. The molecule has 3 rings (SSSR count). The van der Waals surface area contributed by atoms with Crippen LogP contribution in [0.15, 0.2) is 18.2 Å². The Morgan fingerprint density at radius 3 is 2.64 bits per heavy atom. The molecule has 0 spiro atoms. The zero-order valence-corrected chi connectivity index (χ0v) is 14.3. The van der Waals surface area contributed by atoms with E-state index in [2.05, 4.69) is 0 Å². The average molecular weight is 347 g/mol. The van der Waals surface area contributed by atoms with Crippen molar-refractivity contribution in [2.75, 3.05) is 24.5 Å². The molecule has 1 fully saturated rings. The first-order valence-corrected chi connectivity index (χ1v) is 8.42. The van der Waals surface area contributed by atoms with Gasteiger partial charge in [0.2, 0.25) is 5.91 Å². The fourth-order valence-corrected chi connectivity index (χ4v) is 3.18. The third-order valence-corrected chi connectivity index (χ3v) is 4.57. The number of carbonyl (C=O) groups excluding carboxylic acids is 2. The summed E-state index contributed by atoms with van der Waals surface area (Å²) in [6, 6.07) is 4.10. The number of nitrogens with zero attached hydrogens (tertiary/aromatic N) is 3. The van der Waals surface area contributed by atoms with Crippen molar-refractivity contribution in [1.82, 2.24) is 4.90 Å². The Bertz CT molecular complexity index is 712. The highest BCUT2D eigenvalue weighted by Gasteiger charge is 2.38. The van der Waals surface area contributed by atoms with Crippen LogP contribution >= 0.6 is 0 Å². The zero-order valence-electron chi connectivity index (χ0n) is 14.3. The van der Waals surface area contributed by atoms with Gasteiger partial charge in [-0.25, -0.2) is 0 Å². The average Bonchev–Trinajstić information content (AvgIpc) is 3.10. The molecule has 2 heterocycles. The quantitative estimate of drug-likeness (QED) is 0.613. The standard InChI is InChI=1S/C17H21N3O5/c1-11(2)16-17(22)19(10-15(21)18-7-3-4-8-18)13-6-5-12(20(23)24)9-14(13)25-16/h5-6,9,11,16H,3-4,7-8,10H2,1-2H3. The molecule has 2 amide bonds. The molecule has 2 aliphatic heterocycles. The Hall–Kier alpha value is -2.64. The van der Waals surface area contributed by atoms with Crippen LogP contribution in [0, 0.1) is 16.0 Å². The maximum absolute atomic E-state index is 12.8. The van der Waals surface area contributed by atoms with Crippen LogP contribution in [-0.4, -0.2) is 47.4 Å². The van der Waals surface area contributed by atoms with Crippen molar-refractivity contribution in [3.63, 3.8) is 0 Å². The van der Waals surface area contributed by atoms with Crippen LogP contribution in [0.4, 0.5) is 11.4 Å². The van der Waals surface area contributed by atoms with E-state index in [0.717, 1.165) is 12.8 Å². The number of fused-ring (bicyclic) bond motifs is 1. The van der Waals surface area contributed by atoms with Crippen LogP contribution in [0.25, 0.3) is 0 Å². The summed E-state index contributed by atoms with van der Waals surface area (Å²) in [5, 5.41) is 11.0. The lowest BCUT2D eigenvalue weighted by molar-refractivity contribution is -0.384. The zero-order chi connectivity index (χ0) is 18.1. The van der Waals surface area contributed by atoms with Crippen molar-refractivity contribution >= 4 is 23.2 Å². The van der Waals surface area contributed by atoms with E-state index < -0.39 is 11.0 Å². The Balaban J connectivity index is 1.93. The molecule has 1 aromatic carbocycles. The van der Waals surface area contributed by atoms with Crippen LogP contribution in [0.3, 0.4) is 0 Å². The molecular weight excluding hydrogens is 326 g/mol. The highest BCUT2D eigenvalue weighted by molar-refractivity contribution is 6.04. The van der Waals surface area contributed by atoms with Crippen molar-refractivity contribution < 1.29 is 19.2 Å². The number of amides is 2. The number of carbonyl (C=O) groups is 2. The summed E-state index contributed by atoms with van der Waals surface area (Å²) in [6.45, 7) is 5.02. The first-order valence-electron chi connectivity index (χ1n) is 8.42. The molecule has 2 aliphatic rings. The van der Waals surface area contributed by atoms with Gasteiger partial charge in [0.05, 0.1) is 16.7 Å². The lowest BCUT2D eigenvalue weighted by Gasteiger charge is -2.36. The molecule has 0 N–H and O–H groups in total. The molecule has 0 saturated carbocycles. The number of ether oxygens (including phenoxy) is 1. The summed E-state index contributed by atoms with van der Waals surface area (Å²) in [7, 11) is 0. The van der Waals surface area contributed by atoms with Gasteiger partial charge in [-0.3, -0.25) is 24.6 Å². The van der Waals surface area contributed by atoms with Crippen molar-refractivity contribution in [1.29, 1.82) is 0 Å². The number of rotatable bonds is 4. The molecule has 1 saturated heterocycles. The Morgan fingerprint density at radius 2 is 2.04 bits per heavy atom. The summed E-state index contributed by atoms with van der Waals surface area (Å²) in [5.74, 6) is -0.255. The van der Waals surface area contributed by atoms with Gasteiger partial charge in [-0.05, 0) is 24.8 Å². The molecule has 25 heavy (non-hydrogen) atoms. The van der Waals surface area contributed by atoms with Crippen LogP contribution < -0.4 is 9.64 Å². The van der Waals surface area contributed by atoms with Crippen molar-refractivity contribution in [3.8, 4) is 5.75 Å². The second kappa shape index (κ2) is 6.70. The number of hydrogen-bond donors (Lipinski definition) is 0. The monoisotopic (exact) mass is 347 g/mol. The molecule has 1 unspecified atom stereocenters. The van der Waals surface area contributed by atoms with E-state index in [1.54, 1.807) is 4.90 Å². The van der Waals surface area contributed by atoms with Gasteiger partial charge in [0.15, 0.2) is 11.9 Å². The van der Waals surface area contributed by atoms with E-state index in [1.807, 2.05) is 13.8 Å². The highest BCUT2D eigenvalue weighted by atomic mass is 16.6. The number of likely N-dealkylation sites (tertiary alicyclic amines) is 1. The van der Waals surface area contributed by atoms with Gasteiger partial charge in [-0.15, -0.1) is 0 Å². The van der Waals surface area contributed by atoms with Crippen molar-refractivity contribution in [3.05, 3.63) is 28.3 Å². The van der Waals surface area contributed by atoms with Crippen LogP contribution in [-0.2, 0) is 9.59 Å².